The monoisotopic (exact) mass is 389 g/mol. The Balaban J connectivity index is 1.25. The maximum absolute atomic E-state index is 12.5. The first-order chi connectivity index (χ1) is 14.2. The molecule has 1 atom stereocenters. The Morgan fingerprint density at radius 3 is 2.62 bits per heavy atom. The number of aromatic nitrogens is 1. The van der Waals surface area contributed by atoms with Gasteiger partial charge in [0.1, 0.15) is 0 Å². The highest BCUT2D eigenvalue weighted by atomic mass is 16.1. The standard InChI is InChI=1S/C25H31N3O/c29-24(27-17-19-5-6-19)15-21-16-25(23-4-2-1-3-22(21)23)9-13-28(14-10-25)18-20-7-11-26-12-8-20/h1-4,7-8,11-12,19,21H,5-6,9-10,13-18H2,(H,27,29)/t21-/m0/s1. The molecule has 2 aliphatic carbocycles. The summed E-state index contributed by atoms with van der Waals surface area (Å²) in [6, 6.07) is 13.2. The summed E-state index contributed by atoms with van der Waals surface area (Å²) in [5.74, 6) is 1.35. The van der Waals surface area contributed by atoms with Gasteiger partial charge in [-0.3, -0.25) is 14.7 Å². The number of benzene rings is 1. The molecule has 0 radical (unpaired) electrons. The molecule has 1 aliphatic heterocycles. The summed E-state index contributed by atoms with van der Waals surface area (Å²) in [5, 5.41) is 3.18. The SMILES string of the molecule is O=C(C[C@H]1CC2(CCN(Cc3ccncc3)CC2)c2ccccc21)NCC1CC1. The van der Waals surface area contributed by atoms with Crippen LogP contribution in [0.2, 0.25) is 0 Å². The minimum Gasteiger partial charge on any atom is -0.356 e. The normalized spacial score (nSPS) is 23.1. The number of carbonyl (C=O) groups excluding carboxylic acids is 1. The Bertz CT molecular complexity index is 853. The summed E-state index contributed by atoms with van der Waals surface area (Å²) in [6.45, 7) is 4.13. The third kappa shape index (κ3) is 4.09. The minimum absolute atomic E-state index is 0.240. The van der Waals surface area contributed by atoms with Crippen LogP contribution in [0.1, 0.15) is 61.1 Å². The second-order valence-corrected chi connectivity index (χ2v) is 9.35. The van der Waals surface area contributed by atoms with Gasteiger partial charge in [-0.05, 0) is 91.3 Å². The number of amides is 1. The fourth-order valence-corrected chi connectivity index (χ4v) is 5.44. The molecule has 2 aromatic rings. The lowest BCUT2D eigenvalue weighted by Gasteiger charge is -2.40. The highest BCUT2D eigenvalue weighted by Crippen LogP contribution is 2.52. The zero-order chi connectivity index (χ0) is 19.7. The van der Waals surface area contributed by atoms with Crippen LogP contribution in [0, 0.1) is 5.92 Å². The van der Waals surface area contributed by atoms with Crippen molar-refractivity contribution < 1.29 is 4.79 Å². The van der Waals surface area contributed by atoms with E-state index in [2.05, 4.69) is 51.6 Å². The van der Waals surface area contributed by atoms with Gasteiger partial charge in [0, 0.05) is 31.9 Å². The van der Waals surface area contributed by atoms with Gasteiger partial charge in [-0.2, -0.15) is 0 Å². The predicted molar refractivity (Wildman–Crippen MR) is 115 cm³/mol. The number of hydrogen-bond acceptors (Lipinski definition) is 3. The zero-order valence-corrected chi connectivity index (χ0v) is 17.1. The molecule has 1 saturated heterocycles. The molecule has 2 fully saturated rings. The molecule has 1 amide bonds. The van der Waals surface area contributed by atoms with E-state index in [0.29, 0.717) is 12.3 Å². The fraction of sp³-hybridized carbons (Fsp3) is 0.520. The van der Waals surface area contributed by atoms with Gasteiger partial charge in [-0.1, -0.05) is 24.3 Å². The number of pyridine rings is 1. The smallest absolute Gasteiger partial charge is 0.220 e. The Labute approximate surface area is 173 Å². The van der Waals surface area contributed by atoms with E-state index < -0.39 is 0 Å². The van der Waals surface area contributed by atoms with Gasteiger partial charge in [0.2, 0.25) is 5.91 Å². The Morgan fingerprint density at radius 1 is 1.10 bits per heavy atom. The number of carbonyl (C=O) groups is 1. The lowest BCUT2D eigenvalue weighted by atomic mass is 9.73. The van der Waals surface area contributed by atoms with Crippen LogP contribution in [-0.2, 0) is 16.8 Å². The molecule has 0 bridgehead atoms. The number of rotatable bonds is 6. The zero-order valence-electron chi connectivity index (χ0n) is 17.1. The average Bonchev–Trinajstić information content (AvgIpc) is 3.54. The van der Waals surface area contributed by atoms with Gasteiger partial charge < -0.3 is 5.32 Å². The lowest BCUT2D eigenvalue weighted by molar-refractivity contribution is -0.121. The van der Waals surface area contributed by atoms with Crippen LogP contribution in [0.25, 0.3) is 0 Å². The fourth-order valence-electron chi connectivity index (χ4n) is 5.44. The second-order valence-electron chi connectivity index (χ2n) is 9.35. The molecular weight excluding hydrogens is 358 g/mol. The number of piperidine rings is 1. The first-order valence-corrected chi connectivity index (χ1v) is 11.2. The molecule has 1 saturated carbocycles. The van der Waals surface area contributed by atoms with E-state index in [1.165, 1.54) is 42.4 Å². The van der Waals surface area contributed by atoms with E-state index >= 15 is 0 Å². The summed E-state index contributed by atoms with van der Waals surface area (Å²) in [6.07, 6.45) is 10.5. The van der Waals surface area contributed by atoms with E-state index in [1.807, 2.05) is 12.4 Å². The van der Waals surface area contributed by atoms with Crippen molar-refractivity contribution in [2.75, 3.05) is 19.6 Å². The van der Waals surface area contributed by atoms with Crippen molar-refractivity contribution in [1.82, 2.24) is 15.2 Å². The largest absolute Gasteiger partial charge is 0.356 e. The number of likely N-dealkylation sites (tertiary alicyclic amines) is 1. The third-order valence-corrected chi connectivity index (χ3v) is 7.29. The van der Waals surface area contributed by atoms with E-state index in [0.717, 1.165) is 38.5 Å². The molecule has 152 valence electrons. The highest BCUT2D eigenvalue weighted by Gasteiger charge is 2.45. The van der Waals surface area contributed by atoms with Crippen LogP contribution >= 0.6 is 0 Å². The topological polar surface area (TPSA) is 45.2 Å². The van der Waals surface area contributed by atoms with Gasteiger partial charge in [0.25, 0.3) is 0 Å². The van der Waals surface area contributed by atoms with Crippen molar-refractivity contribution in [3.63, 3.8) is 0 Å². The molecule has 2 heterocycles. The van der Waals surface area contributed by atoms with Crippen LogP contribution in [0.15, 0.2) is 48.8 Å². The van der Waals surface area contributed by atoms with Crippen LogP contribution < -0.4 is 5.32 Å². The first kappa shape index (κ1) is 18.8. The summed E-state index contributed by atoms with van der Waals surface area (Å²) in [7, 11) is 0. The molecule has 29 heavy (non-hydrogen) atoms. The molecule has 4 heteroatoms. The van der Waals surface area contributed by atoms with Crippen molar-refractivity contribution in [2.45, 2.75) is 56.4 Å². The molecule has 3 aliphatic rings. The molecule has 0 unspecified atom stereocenters. The van der Waals surface area contributed by atoms with Gasteiger partial charge in [-0.25, -0.2) is 0 Å². The Hall–Kier alpha value is -2.20. The quantitative estimate of drug-likeness (QED) is 0.812. The number of fused-ring (bicyclic) bond motifs is 2. The maximum atomic E-state index is 12.5. The van der Waals surface area contributed by atoms with Crippen LogP contribution in [0.4, 0.5) is 0 Å². The second kappa shape index (κ2) is 7.91. The van der Waals surface area contributed by atoms with Crippen molar-refractivity contribution in [3.8, 4) is 0 Å². The lowest BCUT2D eigenvalue weighted by Crippen LogP contribution is -2.41. The number of nitrogens with zero attached hydrogens (tertiary/aromatic N) is 2. The average molecular weight is 390 g/mol. The summed E-state index contributed by atoms with van der Waals surface area (Å²) in [4.78, 5) is 19.2. The predicted octanol–water partition coefficient (Wildman–Crippen LogP) is 4.02. The summed E-state index contributed by atoms with van der Waals surface area (Å²) < 4.78 is 0. The van der Waals surface area contributed by atoms with Crippen molar-refractivity contribution in [1.29, 1.82) is 0 Å². The van der Waals surface area contributed by atoms with Crippen LogP contribution in [-0.4, -0.2) is 35.4 Å². The Morgan fingerprint density at radius 2 is 1.86 bits per heavy atom. The molecule has 1 spiro atoms. The van der Waals surface area contributed by atoms with Crippen molar-refractivity contribution in [2.24, 2.45) is 5.92 Å². The van der Waals surface area contributed by atoms with E-state index in [9.17, 15) is 4.79 Å². The number of nitrogens with one attached hydrogen (secondary N) is 1. The van der Waals surface area contributed by atoms with Crippen molar-refractivity contribution in [3.05, 3.63) is 65.5 Å². The van der Waals surface area contributed by atoms with E-state index in [1.54, 1.807) is 0 Å². The molecule has 1 aromatic heterocycles. The van der Waals surface area contributed by atoms with Crippen LogP contribution in [0.5, 0.6) is 0 Å². The van der Waals surface area contributed by atoms with Gasteiger partial charge in [0.15, 0.2) is 0 Å². The molecular formula is C25H31N3O. The van der Waals surface area contributed by atoms with Crippen LogP contribution in [0.3, 0.4) is 0 Å². The molecule has 5 rings (SSSR count). The maximum Gasteiger partial charge on any atom is 0.220 e. The highest BCUT2D eigenvalue weighted by molar-refractivity contribution is 5.77. The molecule has 1 aromatic carbocycles. The van der Waals surface area contributed by atoms with E-state index in [-0.39, 0.29) is 11.3 Å². The summed E-state index contributed by atoms with van der Waals surface area (Å²) in [5.41, 5.74) is 4.54. The minimum atomic E-state index is 0.240. The van der Waals surface area contributed by atoms with Gasteiger partial charge >= 0.3 is 0 Å². The van der Waals surface area contributed by atoms with Gasteiger partial charge in [-0.15, -0.1) is 0 Å². The van der Waals surface area contributed by atoms with Crippen molar-refractivity contribution >= 4 is 5.91 Å². The molecule has 4 nitrogen and oxygen atoms in total. The van der Waals surface area contributed by atoms with E-state index in [4.69, 9.17) is 0 Å². The third-order valence-electron chi connectivity index (χ3n) is 7.29. The molecule has 1 N–H and O–H groups in total. The Kier molecular flexibility index (Phi) is 5.13. The summed E-state index contributed by atoms with van der Waals surface area (Å²) >= 11 is 0. The van der Waals surface area contributed by atoms with Gasteiger partial charge in [0.05, 0.1) is 0 Å². The first-order valence-electron chi connectivity index (χ1n) is 11.2. The number of hydrogen-bond donors (Lipinski definition) is 1.